The van der Waals surface area contributed by atoms with Crippen LogP contribution in [0.15, 0.2) is 12.1 Å². The number of amides is 1. The van der Waals surface area contributed by atoms with Crippen LogP contribution in [0.5, 0.6) is 0 Å². The number of hydrogen-bond donors (Lipinski definition) is 1. The molecule has 0 aromatic carbocycles. The summed E-state index contributed by atoms with van der Waals surface area (Å²) in [5.41, 5.74) is 1.60. The smallest absolute Gasteiger partial charge is 0.257 e. The van der Waals surface area contributed by atoms with E-state index in [1.165, 1.54) is 12.8 Å². The summed E-state index contributed by atoms with van der Waals surface area (Å²) in [7, 11) is 1.81. The number of carbonyl (C=O) groups is 1. The van der Waals surface area contributed by atoms with Crippen molar-refractivity contribution >= 4 is 11.7 Å². The van der Waals surface area contributed by atoms with E-state index < -0.39 is 0 Å². The van der Waals surface area contributed by atoms with Gasteiger partial charge in [-0.25, -0.2) is 4.98 Å². The highest BCUT2D eigenvalue weighted by Crippen LogP contribution is 2.26. The summed E-state index contributed by atoms with van der Waals surface area (Å²) in [6.45, 7) is 4.75. The van der Waals surface area contributed by atoms with Crippen molar-refractivity contribution < 1.29 is 4.79 Å². The zero-order valence-corrected chi connectivity index (χ0v) is 12.1. The fourth-order valence-electron chi connectivity index (χ4n) is 2.86. The number of hydrogen-bond acceptors (Lipinski definition) is 3. The summed E-state index contributed by atoms with van der Waals surface area (Å²) in [5.74, 6) is 0.785. The van der Waals surface area contributed by atoms with Gasteiger partial charge in [-0.2, -0.15) is 0 Å². The van der Waals surface area contributed by atoms with Gasteiger partial charge in [0.1, 0.15) is 5.82 Å². The number of aromatic nitrogens is 1. The lowest BCUT2D eigenvalue weighted by molar-refractivity contribution is 0.0694. The first-order valence-corrected chi connectivity index (χ1v) is 7.13. The second-order valence-corrected chi connectivity index (χ2v) is 5.13. The minimum Gasteiger partial charge on any atom is -0.372 e. The molecule has 1 aromatic heterocycles. The number of aryl methyl sites for hydroxylation is 1. The van der Waals surface area contributed by atoms with Gasteiger partial charge in [0.05, 0.1) is 5.56 Å². The Morgan fingerprint density at radius 2 is 2.11 bits per heavy atom. The van der Waals surface area contributed by atoms with E-state index in [0.717, 1.165) is 25.1 Å². The van der Waals surface area contributed by atoms with Gasteiger partial charge in [0.25, 0.3) is 5.91 Å². The lowest BCUT2D eigenvalue weighted by Crippen LogP contribution is -2.39. The Morgan fingerprint density at radius 1 is 1.42 bits per heavy atom. The molecule has 19 heavy (non-hydrogen) atoms. The third-order valence-electron chi connectivity index (χ3n) is 3.87. The molecule has 2 rings (SSSR count). The number of rotatable bonds is 4. The Kier molecular flexibility index (Phi) is 4.40. The molecule has 1 heterocycles. The van der Waals surface area contributed by atoms with Gasteiger partial charge in [0, 0.05) is 25.3 Å². The predicted octanol–water partition coefficient (Wildman–Crippen LogP) is 2.84. The van der Waals surface area contributed by atoms with Crippen LogP contribution < -0.4 is 5.32 Å². The summed E-state index contributed by atoms with van der Waals surface area (Å²) in [5, 5.41) is 3.03. The van der Waals surface area contributed by atoms with Crippen molar-refractivity contribution in [2.24, 2.45) is 0 Å². The molecular formula is C15H23N3O. The van der Waals surface area contributed by atoms with Gasteiger partial charge in [-0.05, 0) is 38.8 Å². The first kappa shape index (κ1) is 13.8. The number of anilines is 1. The van der Waals surface area contributed by atoms with E-state index in [2.05, 4.69) is 17.2 Å². The SMILES string of the molecule is CCN(C(=O)c1ccc(C)nc1NC)C1CCCC1. The fourth-order valence-corrected chi connectivity index (χ4v) is 2.86. The minimum absolute atomic E-state index is 0.103. The second-order valence-electron chi connectivity index (χ2n) is 5.13. The lowest BCUT2D eigenvalue weighted by atomic mass is 10.1. The van der Waals surface area contributed by atoms with Crippen LogP contribution in [0, 0.1) is 6.92 Å². The van der Waals surface area contributed by atoms with Crippen molar-refractivity contribution in [3.63, 3.8) is 0 Å². The second kappa shape index (κ2) is 6.04. The van der Waals surface area contributed by atoms with Crippen LogP contribution in [-0.4, -0.2) is 35.4 Å². The van der Waals surface area contributed by atoms with E-state index in [1.807, 2.05) is 31.0 Å². The number of carbonyl (C=O) groups excluding carboxylic acids is 1. The highest BCUT2D eigenvalue weighted by atomic mass is 16.2. The molecule has 0 aliphatic heterocycles. The molecule has 0 saturated heterocycles. The van der Waals surface area contributed by atoms with Crippen LogP contribution in [0.2, 0.25) is 0 Å². The Bertz CT molecular complexity index is 453. The summed E-state index contributed by atoms with van der Waals surface area (Å²) in [6.07, 6.45) is 4.74. The number of pyridine rings is 1. The van der Waals surface area contributed by atoms with E-state index in [9.17, 15) is 4.79 Å². The van der Waals surface area contributed by atoms with Crippen LogP contribution in [0.1, 0.15) is 48.7 Å². The molecule has 0 radical (unpaired) electrons. The Hall–Kier alpha value is -1.58. The highest BCUT2D eigenvalue weighted by molar-refractivity contribution is 5.99. The Balaban J connectivity index is 2.26. The molecule has 1 saturated carbocycles. The Morgan fingerprint density at radius 3 is 2.68 bits per heavy atom. The molecule has 1 fully saturated rings. The van der Waals surface area contributed by atoms with Gasteiger partial charge in [0.15, 0.2) is 0 Å². The Labute approximate surface area is 115 Å². The average Bonchev–Trinajstić information content (AvgIpc) is 2.93. The number of nitrogens with zero attached hydrogens (tertiary/aromatic N) is 2. The molecule has 1 amide bonds. The van der Waals surface area contributed by atoms with Crippen LogP contribution >= 0.6 is 0 Å². The monoisotopic (exact) mass is 261 g/mol. The molecule has 1 N–H and O–H groups in total. The van der Waals surface area contributed by atoms with Gasteiger partial charge in [-0.15, -0.1) is 0 Å². The van der Waals surface area contributed by atoms with Crippen molar-refractivity contribution in [1.29, 1.82) is 0 Å². The zero-order chi connectivity index (χ0) is 13.8. The normalized spacial score (nSPS) is 15.5. The molecule has 4 nitrogen and oxygen atoms in total. The molecule has 4 heteroatoms. The van der Waals surface area contributed by atoms with E-state index in [-0.39, 0.29) is 5.91 Å². The molecule has 0 bridgehead atoms. The molecule has 0 atom stereocenters. The van der Waals surface area contributed by atoms with Crippen LogP contribution in [-0.2, 0) is 0 Å². The standard InChI is InChI=1S/C15H23N3O/c1-4-18(12-7-5-6-8-12)15(19)13-10-9-11(2)17-14(13)16-3/h9-10,12H,4-8H2,1-3H3,(H,16,17). The maximum atomic E-state index is 12.7. The van der Waals surface area contributed by atoms with Gasteiger partial charge in [-0.1, -0.05) is 12.8 Å². The van der Waals surface area contributed by atoms with Gasteiger partial charge >= 0.3 is 0 Å². The van der Waals surface area contributed by atoms with Crippen LogP contribution in [0.3, 0.4) is 0 Å². The first-order valence-electron chi connectivity index (χ1n) is 7.13. The number of nitrogens with one attached hydrogen (secondary N) is 1. The molecule has 0 spiro atoms. The van der Waals surface area contributed by atoms with Crippen LogP contribution in [0.25, 0.3) is 0 Å². The molecule has 1 aliphatic rings. The first-order chi connectivity index (χ1) is 9.17. The summed E-state index contributed by atoms with van der Waals surface area (Å²) < 4.78 is 0. The van der Waals surface area contributed by atoms with E-state index >= 15 is 0 Å². The third-order valence-corrected chi connectivity index (χ3v) is 3.87. The minimum atomic E-state index is 0.103. The lowest BCUT2D eigenvalue weighted by Gasteiger charge is -2.28. The van der Waals surface area contributed by atoms with Crippen molar-refractivity contribution in [1.82, 2.24) is 9.88 Å². The maximum Gasteiger partial charge on any atom is 0.257 e. The molecule has 0 unspecified atom stereocenters. The highest BCUT2D eigenvalue weighted by Gasteiger charge is 2.27. The topological polar surface area (TPSA) is 45.2 Å². The summed E-state index contributed by atoms with van der Waals surface area (Å²) in [4.78, 5) is 19.1. The molecule has 1 aliphatic carbocycles. The van der Waals surface area contributed by atoms with Crippen molar-refractivity contribution in [2.45, 2.75) is 45.6 Å². The van der Waals surface area contributed by atoms with Gasteiger partial charge in [0.2, 0.25) is 0 Å². The van der Waals surface area contributed by atoms with Gasteiger partial charge in [-0.3, -0.25) is 4.79 Å². The van der Waals surface area contributed by atoms with Crippen LogP contribution in [0.4, 0.5) is 5.82 Å². The predicted molar refractivity (Wildman–Crippen MR) is 77.5 cm³/mol. The van der Waals surface area contributed by atoms with Crippen molar-refractivity contribution in [3.05, 3.63) is 23.4 Å². The average molecular weight is 261 g/mol. The quantitative estimate of drug-likeness (QED) is 0.906. The summed E-state index contributed by atoms with van der Waals surface area (Å²) >= 11 is 0. The van der Waals surface area contributed by atoms with Crippen molar-refractivity contribution in [2.75, 3.05) is 18.9 Å². The summed E-state index contributed by atoms with van der Waals surface area (Å²) in [6, 6.07) is 4.19. The van der Waals surface area contributed by atoms with E-state index in [1.54, 1.807) is 0 Å². The van der Waals surface area contributed by atoms with E-state index in [4.69, 9.17) is 0 Å². The van der Waals surface area contributed by atoms with Crippen molar-refractivity contribution in [3.8, 4) is 0 Å². The van der Waals surface area contributed by atoms with Gasteiger partial charge < -0.3 is 10.2 Å². The third kappa shape index (κ3) is 2.88. The molecular weight excluding hydrogens is 238 g/mol. The maximum absolute atomic E-state index is 12.7. The zero-order valence-electron chi connectivity index (χ0n) is 12.1. The van der Waals surface area contributed by atoms with E-state index in [0.29, 0.717) is 17.4 Å². The fraction of sp³-hybridized carbons (Fsp3) is 0.600. The largest absolute Gasteiger partial charge is 0.372 e. The molecule has 104 valence electrons. The molecule has 1 aromatic rings.